The predicted octanol–water partition coefficient (Wildman–Crippen LogP) is -1.81. The van der Waals surface area contributed by atoms with Crippen molar-refractivity contribution >= 4 is 0 Å². The van der Waals surface area contributed by atoms with Gasteiger partial charge in [0.1, 0.15) is 0 Å². The molecular formula is C11H29N5O. The highest BCUT2D eigenvalue weighted by Gasteiger charge is 2.13. The number of nitrogens with zero attached hydrogens (tertiary/aromatic N) is 2. The fourth-order valence-electron chi connectivity index (χ4n) is 1.73. The average Bonchev–Trinajstić information content (AvgIpc) is 2.29. The summed E-state index contributed by atoms with van der Waals surface area (Å²) in [7, 11) is 0. The normalized spacial score (nSPS) is 13.6. The lowest BCUT2D eigenvalue weighted by atomic mass is 10.2. The van der Waals surface area contributed by atoms with Crippen LogP contribution in [0.1, 0.15) is 13.3 Å². The Hall–Kier alpha value is -0.240. The van der Waals surface area contributed by atoms with E-state index in [0.29, 0.717) is 26.2 Å². The van der Waals surface area contributed by atoms with Gasteiger partial charge in [0.15, 0.2) is 0 Å². The van der Waals surface area contributed by atoms with Crippen molar-refractivity contribution in [1.29, 1.82) is 0 Å². The zero-order valence-electron chi connectivity index (χ0n) is 11.0. The third-order valence-electron chi connectivity index (χ3n) is 2.68. The average molecular weight is 247 g/mol. The number of aliphatic hydroxyl groups is 1. The first-order chi connectivity index (χ1) is 8.17. The molecule has 0 spiro atoms. The van der Waals surface area contributed by atoms with Gasteiger partial charge in [-0.05, 0) is 6.42 Å². The van der Waals surface area contributed by atoms with Crippen LogP contribution in [-0.4, -0.2) is 73.5 Å². The molecule has 0 bridgehead atoms. The summed E-state index contributed by atoms with van der Waals surface area (Å²) in [5.74, 6) is 0. The Kier molecular flexibility index (Phi) is 10.7. The SMILES string of the molecule is CCC(O)CN(CCN)CN(CCN)CCN. The maximum absolute atomic E-state index is 9.68. The van der Waals surface area contributed by atoms with Gasteiger partial charge in [-0.15, -0.1) is 0 Å². The summed E-state index contributed by atoms with van der Waals surface area (Å²) < 4.78 is 0. The summed E-state index contributed by atoms with van der Waals surface area (Å²) in [6.45, 7) is 7.64. The Bertz CT molecular complexity index is 164. The van der Waals surface area contributed by atoms with Gasteiger partial charge < -0.3 is 22.3 Å². The van der Waals surface area contributed by atoms with Crippen molar-refractivity contribution in [1.82, 2.24) is 9.80 Å². The second-order valence-corrected chi connectivity index (χ2v) is 4.26. The topological polar surface area (TPSA) is 105 Å². The van der Waals surface area contributed by atoms with Crippen molar-refractivity contribution < 1.29 is 5.11 Å². The minimum Gasteiger partial charge on any atom is -0.392 e. The third kappa shape index (κ3) is 8.48. The van der Waals surface area contributed by atoms with Crippen LogP contribution in [-0.2, 0) is 0 Å². The minimum absolute atomic E-state index is 0.292. The Balaban J connectivity index is 4.16. The molecule has 0 aromatic rings. The quantitative estimate of drug-likeness (QED) is 0.321. The minimum atomic E-state index is -0.292. The van der Waals surface area contributed by atoms with Gasteiger partial charge in [0.05, 0.1) is 12.8 Å². The highest BCUT2D eigenvalue weighted by atomic mass is 16.3. The van der Waals surface area contributed by atoms with E-state index >= 15 is 0 Å². The van der Waals surface area contributed by atoms with Crippen LogP contribution < -0.4 is 17.2 Å². The fourth-order valence-corrected chi connectivity index (χ4v) is 1.73. The van der Waals surface area contributed by atoms with Gasteiger partial charge >= 0.3 is 0 Å². The van der Waals surface area contributed by atoms with Gasteiger partial charge in [-0.1, -0.05) is 6.92 Å². The van der Waals surface area contributed by atoms with Crippen LogP contribution in [0.15, 0.2) is 0 Å². The maximum atomic E-state index is 9.68. The second-order valence-electron chi connectivity index (χ2n) is 4.26. The maximum Gasteiger partial charge on any atom is 0.0665 e. The molecule has 0 aliphatic carbocycles. The Labute approximate surface area is 105 Å². The number of aliphatic hydroxyl groups excluding tert-OH is 1. The highest BCUT2D eigenvalue weighted by Crippen LogP contribution is 1.98. The Morgan fingerprint density at radius 1 is 0.941 bits per heavy atom. The van der Waals surface area contributed by atoms with E-state index in [4.69, 9.17) is 17.2 Å². The molecule has 0 aliphatic rings. The largest absolute Gasteiger partial charge is 0.392 e. The molecule has 6 nitrogen and oxygen atoms in total. The first-order valence-electron chi connectivity index (χ1n) is 6.40. The monoisotopic (exact) mass is 247 g/mol. The first-order valence-corrected chi connectivity index (χ1v) is 6.40. The van der Waals surface area contributed by atoms with Gasteiger partial charge in [-0.25, -0.2) is 0 Å². The molecular weight excluding hydrogens is 218 g/mol. The van der Waals surface area contributed by atoms with E-state index in [1.54, 1.807) is 0 Å². The molecule has 7 N–H and O–H groups in total. The van der Waals surface area contributed by atoms with E-state index in [0.717, 1.165) is 32.7 Å². The van der Waals surface area contributed by atoms with Crippen molar-refractivity contribution in [3.63, 3.8) is 0 Å². The molecule has 6 heteroatoms. The molecule has 1 unspecified atom stereocenters. The zero-order chi connectivity index (χ0) is 13.1. The molecule has 0 radical (unpaired) electrons. The molecule has 0 amide bonds. The smallest absolute Gasteiger partial charge is 0.0665 e. The van der Waals surface area contributed by atoms with E-state index in [1.807, 2.05) is 6.92 Å². The summed E-state index contributed by atoms with van der Waals surface area (Å²) in [6, 6.07) is 0. The lowest BCUT2D eigenvalue weighted by molar-refractivity contribution is 0.0714. The van der Waals surface area contributed by atoms with E-state index in [-0.39, 0.29) is 6.10 Å². The number of hydrogen-bond acceptors (Lipinski definition) is 6. The van der Waals surface area contributed by atoms with Crippen molar-refractivity contribution in [2.24, 2.45) is 17.2 Å². The summed E-state index contributed by atoms with van der Waals surface area (Å²) in [5, 5.41) is 9.68. The van der Waals surface area contributed by atoms with Gasteiger partial charge in [-0.3, -0.25) is 9.80 Å². The summed E-state index contributed by atoms with van der Waals surface area (Å²) in [6.07, 6.45) is 0.466. The zero-order valence-corrected chi connectivity index (χ0v) is 11.0. The van der Waals surface area contributed by atoms with Crippen LogP contribution in [0.5, 0.6) is 0 Å². The fraction of sp³-hybridized carbons (Fsp3) is 1.00. The molecule has 0 saturated heterocycles. The number of hydrogen-bond donors (Lipinski definition) is 4. The van der Waals surface area contributed by atoms with Crippen molar-refractivity contribution in [2.75, 3.05) is 52.5 Å². The van der Waals surface area contributed by atoms with E-state index < -0.39 is 0 Å². The number of nitrogens with two attached hydrogens (primary N) is 3. The standard InChI is InChI=1S/C11H29N5O/c1-2-11(17)9-16(8-5-14)10-15(6-3-12)7-4-13/h11,17H,2-10,12-14H2,1H3. The van der Waals surface area contributed by atoms with Crippen LogP contribution in [0.3, 0.4) is 0 Å². The van der Waals surface area contributed by atoms with Crippen molar-refractivity contribution in [3.05, 3.63) is 0 Å². The van der Waals surface area contributed by atoms with Crippen molar-refractivity contribution in [2.45, 2.75) is 19.4 Å². The highest BCUT2D eigenvalue weighted by molar-refractivity contribution is 4.66. The van der Waals surface area contributed by atoms with Gasteiger partial charge in [0, 0.05) is 45.8 Å². The lowest BCUT2D eigenvalue weighted by Crippen LogP contribution is -2.46. The Morgan fingerprint density at radius 3 is 1.82 bits per heavy atom. The number of rotatable bonds is 11. The van der Waals surface area contributed by atoms with Gasteiger partial charge in [0.25, 0.3) is 0 Å². The second kappa shape index (κ2) is 10.9. The molecule has 17 heavy (non-hydrogen) atoms. The van der Waals surface area contributed by atoms with Gasteiger partial charge in [-0.2, -0.15) is 0 Å². The molecule has 0 heterocycles. The predicted molar refractivity (Wildman–Crippen MR) is 71.5 cm³/mol. The van der Waals surface area contributed by atoms with Crippen LogP contribution in [0.2, 0.25) is 0 Å². The van der Waals surface area contributed by atoms with Gasteiger partial charge in [0.2, 0.25) is 0 Å². The molecule has 0 fully saturated rings. The van der Waals surface area contributed by atoms with E-state index in [2.05, 4.69) is 9.80 Å². The van der Waals surface area contributed by atoms with Crippen LogP contribution in [0.4, 0.5) is 0 Å². The van der Waals surface area contributed by atoms with Crippen LogP contribution in [0, 0.1) is 0 Å². The first kappa shape index (κ1) is 16.8. The molecule has 1 atom stereocenters. The summed E-state index contributed by atoms with van der Waals surface area (Å²) >= 11 is 0. The molecule has 0 saturated carbocycles. The molecule has 0 aliphatic heterocycles. The summed E-state index contributed by atoms with van der Waals surface area (Å²) in [4.78, 5) is 4.34. The van der Waals surface area contributed by atoms with E-state index in [9.17, 15) is 5.11 Å². The molecule has 104 valence electrons. The van der Waals surface area contributed by atoms with Crippen molar-refractivity contribution in [3.8, 4) is 0 Å². The summed E-state index contributed by atoms with van der Waals surface area (Å²) in [5.41, 5.74) is 16.7. The van der Waals surface area contributed by atoms with Crippen LogP contribution in [0.25, 0.3) is 0 Å². The molecule has 0 rings (SSSR count). The van der Waals surface area contributed by atoms with Crippen LogP contribution >= 0.6 is 0 Å². The molecule has 0 aromatic carbocycles. The Morgan fingerprint density at radius 2 is 1.41 bits per heavy atom. The lowest BCUT2D eigenvalue weighted by Gasteiger charge is -2.31. The molecule has 0 aromatic heterocycles. The third-order valence-corrected chi connectivity index (χ3v) is 2.68. The van der Waals surface area contributed by atoms with E-state index in [1.165, 1.54) is 0 Å².